The SMILES string of the molecule is CC1(C)CC(=O)c2cc(Cc3ccc(F)cc3)c(=O)[nH]c2C1. The van der Waals surface area contributed by atoms with Gasteiger partial charge in [0, 0.05) is 29.7 Å². The molecule has 22 heavy (non-hydrogen) atoms. The number of hydrogen-bond donors (Lipinski definition) is 1. The normalized spacial score (nSPS) is 16.4. The van der Waals surface area contributed by atoms with Crippen LogP contribution in [0.15, 0.2) is 35.1 Å². The topological polar surface area (TPSA) is 49.9 Å². The summed E-state index contributed by atoms with van der Waals surface area (Å²) in [5.41, 5.74) is 2.44. The molecule has 0 saturated carbocycles. The molecule has 0 aliphatic heterocycles. The van der Waals surface area contributed by atoms with Crippen LogP contribution < -0.4 is 5.56 Å². The average molecular weight is 299 g/mol. The van der Waals surface area contributed by atoms with E-state index in [-0.39, 0.29) is 22.6 Å². The van der Waals surface area contributed by atoms with Crippen LogP contribution in [0, 0.1) is 11.2 Å². The minimum absolute atomic E-state index is 0.0721. The van der Waals surface area contributed by atoms with Gasteiger partial charge in [0.1, 0.15) is 5.82 Å². The van der Waals surface area contributed by atoms with Gasteiger partial charge in [-0.2, -0.15) is 0 Å². The predicted molar refractivity (Wildman–Crippen MR) is 82.7 cm³/mol. The van der Waals surface area contributed by atoms with Crippen molar-refractivity contribution < 1.29 is 9.18 Å². The summed E-state index contributed by atoms with van der Waals surface area (Å²) in [6, 6.07) is 7.75. The Morgan fingerprint density at radius 2 is 1.82 bits per heavy atom. The Morgan fingerprint density at radius 1 is 1.14 bits per heavy atom. The molecular formula is C18H18FNO2. The van der Waals surface area contributed by atoms with E-state index in [1.807, 2.05) is 13.8 Å². The summed E-state index contributed by atoms with van der Waals surface area (Å²) < 4.78 is 12.9. The Bertz CT molecular complexity index is 788. The maximum absolute atomic E-state index is 12.9. The van der Waals surface area contributed by atoms with Crippen LogP contribution in [-0.2, 0) is 12.8 Å². The van der Waals surface area contributed by atoms with Crippen molar-refractivity contribution in [3.8, 4) is 0 Å². The first kappa shape index (κ1) is 14.7. The van der Waals surface area contributed by atoms with Gasteiger partial charge < -0.3 is 4.98 Å². The van der Waals surface area contributed by atoms with Gasteiger partial charge in [0.05, 0.1) is 0 Å². The second kappa shape index (κ2) is 5.20. The molecule has 0 amide bonds. The smallest absolute Gasteiger partial charge is 0.251 e. The van der Waals surface area contributed by atoms with Crippen LogP contribution in [0.3, 0.4) is 0 Å². The van der Waals surface area contributed by atoms with Gasteiger partial charge in [-0.3, -0.25) is 9.59 Å². The summed E-state index contributed by atoms with van der Waals surface area (Å²) >= 11 is 0. The number of aromatic amines is 1. The number of halogens is 1. The first-order chi connectivity index (χ1) is 10.3. The second-order valence-corrected chi connectivity index (χ2v) is 6.76. The van der Waals surface area contributed by atoms with Crippen LogP contribution in [0.4, 0.5) is 4.39 Å². The molecule has 1 heterocycles. The molecule has 2 aromatic rings. The van der Waals surface area contributed by atoms with Crippen molar-refractivity contribution in [2.45, 2.75) is 33.1 Å². The lowest BCUT2D eigenvalue weighted by atomic mass is 9.75. The molecule has 1 aromatic carbocycles. The van der Waals surface area contributed by atoms with Gasteiger partial charge in [0.15, 0.2) is 5.78 Å². The van der Waals surface area contributed by atoms with Gasteiger partial charge in [-0.25, -0.2) is 4.39 Å². The zero-order valence-electron chi connectivity index (χ0n) is 12.7. The molecule has 114 valence electrons. The number of ketones is 1. The van der Waals surface area contributed by atoms with E-state index in [1.165, 1.54) is 12.1 Å². The van der Waals surface area contributed by atoms with E-state index < -0.39 is 0 Å². The lowest BCUT2D eigenvalue weighted by Gasteiger charge is -2.29. The van der Waals surface area contributed by atoms with Crippen molar-refractivity contribution in [1.29, 1.82) is 0 Å². The third kappa shape index (κ3) is 2.86. The maximum atomic E-state index is 12.9. The Hall–Kier alpha value is -2.23. The predicted octanol–water partition coefficient (Wildman–Crippen LogP) is 3.26. The molecule has 0 radical (unpaired) electrons. The van der Waals surface area contributed by atoms with Crippen molar-refractivity contribution in [2.24, 2.45) is 5.41 Å². The first-order valence-corrected chi connectivity index (χ1v) is 7.37. The zero-order chi connectivity index (χ0) is 15.9. The molecule has 0 atom stereocenters. The molecule has 4 heteroatoms. The number of rotatable bonds is 2. The summed E-state index contributed by atoms with van der Waals surface area (Å²) in [6.45, 7) is 4.05. The molecule has 1 N–H and O–H groups in total. The summed E-state index contributed by atoms with van der Waals surface area (Å²) in [4.78, 5) is 27.4. The van der Waals surface area contributed by atoms with Crippen LogP contribution in [0.1, 0.15) is 47.4 Å². The molecule has 1 aliphatic rings. The van der Waals surface area contributed by atoms with Crippen LogP contribution in [-0.4, -0.2) is 10.8 Å². The number of carbonyl (C=O) groups is 1. The first-order valence-electron chi connectivity index (χ1n) is 7.37. The molecule has 0 spiro atoms. The van der Waals surface area contributed by atoms with Crippen molar-refractivity contribution in [3.63, 3.8) is 0 Å². The molecule has 0 unspecified atom stereocenters. The number of nitrogens with one attached hydrogen (secondary N) is 1. The van der Waals surface area contributed by atoms with Gasteiger partial charge in [0.2, 0.25) is 0 Å². The van der Waals surface area contributed by atoms with E-state index in [2.05, 4.69) is 4.98 Å². The van der Waals surface area contributed by atoms with E-state index in [0.29, 0.717) is 30.4 Å². The Labute approximate surface area is 128 Å². The zero-order valence-corrected chi connectivity index (χ0v) is 12.7. The number of benzene rings is 1. The fraction of sp³-hybridized carbons (Fsp3) is 0.333. The molecule has 0 saturated heterocycles. The van der Waals surface area contributed by atoms with Crippen LogP contribution >= 0.6 is 0 Å². The molecule has 1 aromatic heterocycles. The third-order valence-corrected chi connectivity index (χ3v) is 4.10. The number of fused-ring (bicyclic) bond motifs is 1. The maximum Gasteiger partial charge on any atom is 0.251 e. The molecule has 0 fully saturated rings. The average Bonchev–Trinajstić information content (AvgIpc) is 2.41. The number of hydrogen-bond acceptors (Lipinski definition) is 2. The lowest BCUT2D eigenvalue weighted by molar-refractivity contribution is 0.0910. The minimum atomic E-state index is -0.305. The number of Topliss-reactive ketones (excluding diaryl/α,β-unsaturated/α-hetero) is 1. The highest BCUT2D eigenvalue weighted by molar-refractivity contribution is 5.98. The van der Waals surface area contributed by atoms with Gasteiger partial charge in [-0.15, -0.1) is 0 Å². The van der Waals surface area contributed by atoms with Gasteiger partial charge in [0.25, 0.3) is 5.56 Å². The van der Waals surface area contributed by atoms with Gasteiger partial charge >= 0.3 is 0 Å². The van der Waals surface area contributed by atoms with Crippen molar-refractivity contribution in [3.05, 3.63) is 68.9 Å². The van der Waals surface area contributed by atoms with E-state index >= 15 is 0 Å². The highest BCUT2D eigenvalue weighted by Crippen LogP contribution is 2.33. The third-order valence-electron chi connectivity index (χ3n) is 4.10. The monoisotopic (exact) mass is 299 g/mol. The van der Waals surface area contributed by atoms with Crippen molar-refractivity contribution >= 4 is 5.78 Å². The quantitative estimate of drug-likeness (QED) is 0.925. The van der Waals surface area contributed by atoms with Crippen LogP contribution in [0.5, 0.6) is 0 Å². The number of carbonyl (C=O) groups excluding carboxylic acids is 1. The molecule has 1 aliphatic carbocycles. The van der Waals surface area contributed by atoms with E-state index in [4.69, 9.17) is 0 Å². The number of pyridine rings is 1. The Balaban J connectivity index is 1.98. The fourth-order valence-electron chi connectivity index (χ4n) is 3.02. The molecule has 3 nitrogen and oxygen atoms in total. The molecule has 3 rings (SSSR count). The summed E-state index contributed by atoms with van der Waals surface area (Å²) in [6.07, 6.45) is 1.57. The minimum Gasteiger partial charge on any atom is -0.325 e. The number of H-pyrrole nitrogens is 1. The largest absolute Gasteiger partial charge is 0.325 e. The van der Waals surface area contributed by atoms with Crippen LogP contribution in [0.2, 0.25) is 0 Å². The van der Waals surface area contributed by atoms with Gasteiger partial charge in [-0.05, 0) is 35.6 Å². The van der Waals surface area contributed by atoms with Crippen LogP contribution in [0.25, 0.3) is 0 Å². The standard InChI is InChI=1S/C18H18FNO2/c1-18(2)9-15-14(16(21)10-18)8-12(17(22)20-15)7-11-3-5-13(19)6-4-11/h3-6,8H,7,9-10H2,1-2H3,(H,20,22). The Morgan fingerprint density at radius 3 is 2.50 bits per heavy atom. The fourth-order valence-corrected chi connectivity index (χ4v) is 3.02. The summed E-state index contributed by atoms with van der Waals surface area (Å²) in [5, 5.41) is 0. The number of aromatic nitrogens is 1. The van der Waals surface area contributed by atoms with E-state index in [9.17, 15) is 14.0 Å². The van der Waals surface area contributed by atoms with Gasteiger partial charge in [-0.1, -0.05) is 26.0 Å². The van der Waals surface area contributed by atoms with Crippen molar-refractivity contribution in [1.82, 2.24) is 4.98 Å². The van der Waals surface area contributed by atoms with E-state index in [0.717, 1.165) is 11.3 Å². The molecular weight excluding hydrogens is 281 g/mol. The highest BCUT2D eigenvalue weighted by atomic mass is 19.1. The second-order valence-electron chi connectivity index (χ2n) is 6.76. The summed E-state index contributed by atoms with van der Waals surface area (Å²) in [7, 11) is 0. The van der Waals surface area contributed by atoms with E-state index in [1.54, 1.807) is 18.2 Å². The lowest BCUT2D eigenvalue weighted by Crippen LogP contribution is -2.31. The van der Waals surface area contributed by atoms with Crippen molar-refractivity contribution in [2.75, 3.05) is 0 Å². The highest BCUT2D eigenvalue weighted by Gasteiger charge is 2.31. The Kier molecular flexibility index (Phi) is 3.47. The molecule has 0 bridgehead atoms. The summed E-state index contributed by atoms with van der Waals surface area (Å²) in [5.74, 6) is -0.233.